The van der Waals surface area contributed by atoms with Gasteiger partial charge < -0.3 is 10.6 Å². The Kier molecular flexibility index (Phi) is 4.46. The first-order chi connectivity index (χ1) is 10.3. The molecule has 1 amide bonds. The van der Waals surface area contributed by atoms with Crippen LogP contribution in [-0.4, -0.2) is 23.5 Å². The molecule has 0 radical (unpaired) electrons. The van der Waals surface area contributed by atoms with E-state index in [-0.39, 0.29) is 5.91 Å². The lowest BCUT2D eigenvalue weighted by Gasteiger charge is -2.06. The van der Waals surface area contributed by atoms with Gasteiger partial charge in [-0.3, -0.25) is 9.78 Å². The fourth-order valence-electron chi connectivity index (χ4n) is 2.32. The second-order valence-electron chi connectivity index (χ2n) is 5.62. The number of amides is 1. The van der Waals surface area contributed by atoms with Gasteiger partial charge in [0.25, 0.3) is 0 Å². The third-order valence-corrected chi connectivity index (χ3v) is 3.66. The van der Waals surface area contributed by atoms with Gasteiger partial charge in [-0.25, -0.2) is 0 Å². The minimum absolute atomic E-state index is 0.183. The Morgan fingerprint density at radius 1 is 1.19 bits per heavy atom. The number of aromatic nitrogens is 1. The van der Waals surface area contributed by atoms with Crippen LogP contribution in [0.15, 0.2) is 36.4 Å². The first-order valence-corrected chi connectivity index (χ1v) is 7.66. The second-order valence-corrected chi connectivity index (χ2v) is 5.62. The van der Waals surface area contributed by atoms with Crippen LogP contribution in [0.3, 0.4) is 0 Å². The Morgan fingerprint density at radius 2 is 2.05 bits per heavy atom. The van der Waals surface area contributed by atoms with E-state index >= 15 is 0 Å². The van der Waals surface area contributed by atoms with E-state index in [0.29, 0.717) is 12.5 Å². The maximum atomic E-state index is 11.5. The number of hydrogen-bond acceptors (Lipinski definition) is 3. The highest BCUT2D eigenvalue weighted by atomic mass is 16.1. The average Bonchev–Trinajstić information content (AvgIpc) is 3.30. The summed E-state index contributed by atoms with van der Waals surface area (Å²) in [6, 6.07) is 12.7. The van der Waals surface area contributed by atoms with Crippen LogP contribution in [0.4, 0.5) is 0 Å². The van der Waals surface area contributed by atoms with Crippen LogP contribution in [0.1, 0.15) is 31.4 Å². The van der Waals surface area contributed by atoms with Crippen LogP contribution in [0, 0.1) is 0 Å². The Labute approximate surface area is 125 Å². The van der Waals surface area contributed by atoms with Gasteiger partial charge in [0, 0.05) is 24.4 Å². The average molecular weight is 283 g/mol. The Hall–Kier alpha value is -1.94. The molecule has 1 aliphatic carbocycles. The largest absolute Gasteiger partial charge is 0.353 e. The van der Waals surface area contributed by atoms with Crippen LogP contribution in [0.5, 0.6) is 0 Å². The number of fused-ring (bicyclic) bond motifs is 1. The summed E-state index contributed by atoms with van der Waals surface area (Å²) >= 11 is 0. The summed E-state index contributed by atoms with van der Waals surface area (Å²) in [7, 11) is 0. The van der Waals surface area contributed by atoms with Gasteiger partial charge in [-0.1, -0.05) is 24.3 Å². The number of rotatable bonds is 7. The molecule has 2 aromatic rings. The zero-order valence-corrected chi connectivity index (χ0v) is 12.1. The molecule has 4 heteroatoms. The van der Waals surface area contributed by atoms with Crippen molar-refractivity contribution in [1.29, 1.82) is 0 Å². The number of carbonyl (C=O) groups is 1. The first kappa shape index (κ1) is 14.0. The molecular weight excluding hydrogens is 262 g/mol. The van der Waals surface area contributed by atoms with Crippen molar-refractivity contribution < 1.29 is 4.79 Å². The quantitative estimate of drug-likeness (QED) is 0.767. The number of nitrogens with zero attached hydrogens (tertiary/aromatic N) is 1. The summed E-state index contributed by atoms with van der Waals surface area (Å²) in [6.45, 7) is 1.58. The fraction of sp³-hybridized carbons (Fsp3) is 0.412. The predicted molar refractivity (Wildman–Crippen MR) is 83.8 cm³/mol. The molecule has 3 rings (SSSR count). The van der Waals surface area contributed by atoms with E-state index in [1.54, 1.807) is 0 Å². The highest BCUT2D eigenvalue weighted by Crippen LogP contribution is 2.18. The molecule has 0 aliphatic heterocycles. The summed E-state index contributed by atoms with van der Waals surface area (Å²) < 4.78 is 0. The molecule has 0 unspecified atom stereocenters. The molecule has 0 atom stereocenters. The highest BCUT2D eigenvalue weighted by molar-refractivity contribution is 5.78. The molecule has 1 aromatic carbocycles. The molecule has 21 heavy (non-hydrogen) atoms. The molecule has 1 heterocycles. The standard InChI is InChI=1S/C17H21N3O/c21-17(20-14-9-10-14)6-3-11-18-12-15-8-7-13-4-1-2-5-16(13)19-15/h1-2,4-5,7-8,14,18H,3,6,9-12H2,(H,20,21). The van der Waals surface area contributed by atoms with Crippen LogP contribution < -0.4 is 10.6 Å². The van der Waals surface area contributed by atoms with Gasteiger partial charge in [0.05, 0.1) is 11.2 Å². The summed E-state index contributed by atoms with van der Waals surface area (Å²) in [5, 5.41) is 7.52. The fourth-order valence-corrected chi connectivity index (χ4v) is 2.32. The second kappa shape index (κ2) is 6.68. The highest BCUT2D eigenvalue weighted by Gasteiger charge is 2.22. The number of hydrogen-bond donors (Lipinski definition) is 2. The van der Waals surface area contributed by atoms with E-state index in [9.17, 15) is 4.79 Å². The van der Waals surface area contributed by atoms with E-state index in [1.165, 1.54) is 0 Å². The SMILES string of the molecule is O=C(CCCNCc1ccc2ccccc2n1)NC1CC1. The molecule has 1 saturated carbocycles. The van der Waals surface area contributed by atoms with Crippen molar-refractivity contribution in [2.24, 2.45) is 0 Å². The maximum Gasteiger partial charge on any atom is 0.220 e. The molecule has 0 saturated heterocycles. The van der Waals surface area contributed by atoms with E-state index in [4.69, 9.17) is 0 Å². The van der Waals surface area contributed by atoms with Crippen LogP contribution in [-0.2, 0) is 11.3 Å². The molecule has 2 N–H and O–H groups in total. The summed E-state index contributed by atoms with van der Waals surface area (Å²) in [6.07, 6.45) is 3.77. The smallest absolute Gasteiger partial charge is 0.220 e. The summed E-state index contributed by atoms with van der Waals surface area (Å²) in [5.41, 5.74) is 2.07. The van der Waals surface area contributed by atoms with E-state index in [2.05, 4.69) is 33.8 Å². The maximum absolute atomic E-state index is 11.5. The number of para-hydroxylation sites is 1. The van der Waals surface area contributed by atoms with E-state index in [0.717, 1.165) is 48.9 Å². The number of pyridine rings is 1. The minimum atomic E-state index is 0.183. The van der Waals surface area contributed by atoms with Gasteiger partial charge in [0.2, 0.25) is 5.91 Å². The van der Waals surface area contributed by atoms with E-state index in [1.807, 2.05) is 18.2 Å². The Balaban J connectivity index is 1.38. The summed E-state index contributed by atoms with van der Waals surface area (Å²) in [5.74, 6) is 0.183. The molecule has 0 spiro atoms. The Bertz CT molecular complexity index is 622. The monoisotopic (exact) mass is 283 g/mol. The molecule has 1 aromatic heterocycles. The normalized spacial score (nSPS) is 14.3. The Morgan fingerprint density at radius 3 is 2.90 bits per heavy atom. The zero-order chi connectivity index (χ0) is 14.5. The first-order valence-electron chi connectivity index (χ1n) is 7.66. The van der Waals surface area contributed by atoms with Gasteiger partial charge in [-0.15, -0.1) is 0 Å². The molecule has 0 bridgehead atoms. The van der Waals surface area contributed by atoms with Gasteiger partial charge in [0.15, 0.2) is 0 Å². The molecule has 1 fully saturated rings. The predicted octanol–water partition coefficient (Wildman–Crippen LogP) is 2.38. The molecule has 1 aliphatic rings. The van der Waals surface area contributed by atoms with Crippen molar-refractivity contribution in [3.8, 4) is 0 Å². The molecule has 110 valence electrons. The van der Waals surface area contributed by atoms with Crippen molar-refractivity contribution in [2.75, 3.05) is 6.54 Å². The third kappa shape index (κ3) is 4.26. The number of nitrogens with one attached hydrogen (secondary N) is 2. The van der Waals surface area contributed by atoms with Crippen LogP contribution in [0.25, 0.3) is 10.9 Å². The van der Waals surface area contributed by atoms with Crippen molar-refractivity contribution in [3.63, 3.8) is 0 Å². The van der Waals surface area contributed by atoms with Crippen molar-refractivity contribution in [2.45, 2.75) is 38.3 Å². The lowest BCUT2D eigenvalue weighted by atomic mass is 10.2. The van der Waals surface area contributed by atoms with Crippen LogP contribution in [0.2, 0.25) is 0 Å². The van der Waals surface area contributed by atoms with Gasteiger partial charge in [0.1, 0.15) is 0 Å². The third-order valence-electron chi connectivity index (χ3n) is 3.66. The minimum Gasteiger partial charge on any atom is -0.353 e. The lowest BCUT2D eigenvalue weighted by Crippen LogP contribution is -2.26. The topological polar surface area (TPSA) is 54.0 Å². The number of benzene rings is 1. The van der Waals surface area contributed by atoms with Crippen LogP contribution >= 0.6 is 0 Å². The van der Waals surface area contributed by atoms with Gasteiger partial charge in [-0.2, -0.15) is 0 Å². The van der Waals surface area contributed by atoms with E-state index < -0.39 is 0 Å². The number of carbonyl (C=O) groups excluding carboxylic acids is 1. The van der Waals surface area contributed by atoms with Gasteiger partial charge in [-0.05, 0) is 37.9 Å². The zero-order valence-electron chi connectivity index (χ0n) is 12.1. The van der Waals surface area contributed by atoms with Crippen molar-refractivity contribution in [1.82, 2.24) is 15.6 Å². The molecular formula is C17H21N3O. The van der Waals surface area contributed by atoms with Gasteiger partial charge >= 0.3 is 0 Å². The van der Waals surface area contributed by atoms with Crippen molar-refractivity contribution >= 4 is 16.8 Å². The summed E-state index contributed by atoms with van der Waals surface area (Å²) in [4.78, 5) is 16.1. The molecule has 4 nitrogen and oxygen atoms in total. The van der Waals surface area contributed by atoms with Crippen molar-refractivity contribution in [3.05, 3.63) is 42.1 Å². The lowest BCUT2D eigenvalue weighted by molar-refractivity contribution is -0.121.